The number of nitrogens with zero attached hydrogens (tertiary/aromatic N) is 5. The van der Waals surface area contributed by atoms with E-state index >= 15 is 0 Å². The Morgan fingerprint density at radius 3 is 2.84 bits per heavy atom. The maximum Gasteiger partial charge on any atom is 0.323 e. The molecule has 3 aromatic rings. The van der Waals surface area contributed by atoms with E-state index in [-0.39, 0.29) is 6.03 Å². The number of urea groups is 1. The third-order valence-corrected chi connectivity index (χ3v) is 6.35. The van der Waals surface area contributed by atoms with Crippen LogP contribution >= 0.6 is 11.3 Å². The summed E-state index contributed by atoms with van der Waals surface area (Å²) in [6.07, 6.45) is 4.62. The van der Waals surface area contributed by atoms with Crippen molar-refractivity contribution >= 4 is 28.3 Å². The topological polar surface area (TPSA) is 97.2 Å². The van der Waals surface area contributed by atoms with Gasteiger partial charge in [-0.15, -0.1) is 0 Å². The van der Waals surface area contributed by atoms with Crippen LogP contribution < -0.4 is 10.6 Å². The lowest BCUT2D eigenvalue weighted by atomic mass is 10.0. The average molecular weight is 456 g/mol. The van der Waals surface area contributed by atoms with Gasteiger partial charge in [-0.05, 0) is 38.3 Å². The van der Waals surface area contributed by atoms with Crippen molar-refractivity contribution in [2.45, 2.75) is 32.7 Å². The molecule has 9 nitrogen and oxygen atoms in total. The minimum absolute atomic E-state index is 0.186. The number of carbonyl (C=O) groups is 1. The molecule has 4 rings (SSSR count). The van der Waals surface area contributed by atoms with Crippen LogP contribution in [0.1, 0.15) is 24.6 Å². The summed E-state index contributed by atoms with van der Waals surface area (Å²) in [5.74, 6) is 0.854. The summed E-state index contributed by atoms with van der Waals surface area (Å²) in [4.78, 5) is 24.0. The summed E-state index contributed by atoms with van der Waals surface area (Å²) in [6.45, 7) is 4.07. The highest BCUT2D eigenvalue weighted by molar-refractivity contribution is 7.19. The Morgan fingerprint density at radius 1 is 1.31 bits per heavy atom. The number of hydrogen-bond donors (Lipinski definition) is 2. The van der Waals surface area contributed by atoms with E-state index in [4.69, 9.17) is 14.8 Å². The van der Waals surface area contributed by atoms with Crippen LogP contribution in [0.2, 0.25) is 0 Å². The van der Waals surface area contributed by atoms with Gasteiger partial charge in [0.05, 0.1) is 35.1 Å². The van der Waals surface area contributed by atoms with Crippen LogP contribution in [0.3, 0.4) is 0 Å². The fourth-order valence-electron chi connectivity index (χ4n) is 3.78. The molecule has 2 amide bonds. The number of anilines is 2. The lowest BCUT2D eigenvalue weighted by Gasteiger charge is -2.09. The van der Waals surface area contributed by atoms with E-state index < -0.39 is 0 Å². The highest BCUT2D eigenvalue weighted by atomic mass is 32.1. The summed E-state index contributed by atoms with van der Waals surface area (Å²) in [5.41, 5.74) is 5.23. The standard InChI is InChI=1S/C22H29N7O2S/c1-5-23-17-10-9-14(13-24-17)18-15-7-6-8-16-20(19(15)29(27-18)11-12-31-4)32-21(25-16)26-22(30)28(2)3/h9-10,13H,5-8,11-12H2,1-4H3,(H,23,24)(H,25,26,30). The van der Waals surface area contributed by atoms with Gasteiger partial charge in [-0.25, -0.2) is 14.8 Å². The van der Waals surface area contributed by atoms with Crippen LogP contribution in [0.4, 0.5) is 15.7 Å². The second-order valence-electron chi connectivity index (χ2n) is 7.83. The summed E-state index contributed by atoms with van der Waals surface area (Å²) in [6, 6.07) is 3.87. The lowest BCUT2D eigenvalue weighted by molar-refractivity contribution is 0.184. The van der Waals surface area contributed by atoms with Crippen molar-refractivity contribution in [1.29, 1.82) is 0 Å². The zero-order valence-electron chi connectivity index (χ0n) is 18.9. The van der Waals surface area contributed by atoms with Crippen LogP contribution in [-0.2, 0) is 24.1 Å². The van der Waals surface area contributed by atoms with Crippen molar-refractivity contribution in [3.05, 3.63) is 29.6 Å². The van der Waals surface area contributed by atoms with Crippen LogP contribution in [-0.4, -0.2) is 65.0 Å². The predicted octanol–water partition coefficient (Wildman–Crippen LogP) is 3.73. The molecule has 0 saturated heterocycles. The van der Waals surface area contributed by atoms with Crippen molar-refractivity contribution in [1.82, 2.24) is 24.6 Å². The largest absolute Gasteiger partial charge is 0.383 e. The summed E-state index contributed by atoms with van der Waals surface area (Å²) in [7, 11) is 5.13. The van der Waals surface area contributed by atoms with Gasteiger partial charge in [-0.1, -0.05) is 11.3 Å². The van der Waals surface area contributed by atoms with Crippen molar-refractivity contribution in [3.8, 4) is 21.8 Å². The first-order valence-corrected chi connectivity index (χ1v) is 11.6. The summed E-state index contributed by atoms with van der Waals surface area (Å²) in [5, 5.41) is 11.7. The fraction of sp³-hybridized carbons (Fsp3) is 0.455. The molecule has 0 aromatic carbocycles. The molecule has 2 N–H and O–H groups in total. The number of fused-ring (bicyclic) bond motifs is 3. The number of hydrogen-bond acceptors (Lipinski definition) is 7. The number of ether oxygens (including phenoxy) is 1. The van der Waals surface area contributed by atoms with Gasteiger partial charge < -0.3 is 15.0 Å². The number of aromatic nitrogens is 4. The molecule has 0 bridgehead atoms. The molecule has 3 heterocycles. The maximum absolute atomic E-state index is 12.1. The number of carbonyl (C=O) groups excluding carboxylic acids is 1. The minimum atomic E-state index is -0.186. The average Bonchev–Trinajstić information content (AvgIpc) is 3.29. The van der Waals surface area contributed by atoms with E-state index in [0.29, 0.717) is 18.3 Å². The summed E-state index contributed by atoms with van der Waals surface area (Å²) < 4.78 is 7.36. The number of pyridine rings is 1. The normalized spacial score (nSPS) is 12.6. The first-order valence-electron chi connectivity index (χ1n) is 10.8. The number of rotatable bonds is 7. The van der Waals surface area contributed by atoms with E-state index in [2.05, 4.69) is 28.6 Å². The number of aryl methyl sites for hydroxylation is 1. The highest BCUT2D eigenvalue weighted by Crippen LogP contribution is 2.42. The molecular formula is C22H29N7O2S. The quantitative estimate of drug-likeness (QED) is 0.563. The molecule has 1 aliphatic rings. The summed E-state index contributed by atoms with van der Waals surface area (Å²) >= 11 is 1.51. The van der Waals surface area contributed by atoms with Crippen molar-refractivity contribution in [2.75, 3.05) is 45.0 Å². The Kier molecular flexibility index (Phi) is 6.71. The van der Waals surface area contributed by atoms with Gasteiger partial charge in [0.15, 0.2) is 5.13 Å². The lowest BCUT2D eigenvalue weighted by Crippen LogP contribution is -2.27. The molecular weight excluding hydrogens is 426 g/mol. The van der Waals surface area contributed by atoms with Crippen LogP contribution in [0.5, 0.6) is 0 Å². The zero-order valence-corrected chi connectivity index (χ0v) is 19.8. The minimum Gasteiger partial charge on any atom is -0.383 e. The second kappa shape index (κ2) is 9.66. The van der Waals surface area contributed by atoms with Gasteiger partial charge in [0, 0.05) is 45.1 Å². The molecule has 0 fully saturated rings. The van der Waals surface area contributed by atoms with E-state index in [0.717, 1.165) is 59.1 Å². The molecule has 0 aliphatic heterocycles. The molecule has 32 heavy (non-hydrogen) atoms. The van der Waals surface area contributed by atoms with E-state index in [1.165, 1.54) is 21.8 Å². The molecule has 1 aliphatic carbocycles. The zero-order chi connectivity index (χ0) is 22.7. The molecule has 0 radical (unpaired) electrons. The highest BCUT2D eigenvalue weighted by Gasteiger charge is 2.28. The molecule has 10 heteroatoms. The van der Waals surface area contributed by atoms with Crippen LogP contribution in [0.25, 0.3) is 21.8 Å². The van der Waals surface area contributed by atoms with Gasteiger partial charge in [0.2, 0.25) is 0 Å². The number of methoxy groups -OCH3 is 1. The van der Waals surface area contributed by atoms with Gasteiger partial charge >= 0.3 is 6.03 Å². The van der Waals surface area contributed by atoms with Gasteiger partial charge in [-0.3, -0.25) is 10.00 Å². The van der Waals surface area contributed by atoms with Crippen molar-refractivity contribution < 1.29 is 9.53 Å². The van der Waals surface area contributed by atoms with Gasteiger partial charge in [0.25, 0.3) is 0 Å². The third kappa shape index (κ3) is 4.46. The van der Waals surface area contributed by atoms with E-state index in [1.54, 1.807) is 21.2 Å². The monoisotopic (exact) mass is 455 g/mol. The molecule has 0 unspecified atom stereocenters. The molecule has 0 saturated carbocycles. The Morgan fingerprint density at radius 2 is 2.16 bits per heavy atom. The fourth-order valence-corrected chi connectivity index (χ4v) is 4.86. The van der Waals surface area contributed by atoms with Crippen molar-refractivity contribution in [2.24, 2.45) is 0 Å². The SMILES string of the molecule is CCNc1ccc(-c2nn(CCOC)c3c2CCCc2nc(NC(=O)N(C)C)sc2-3)cn1. The first kappa shape index (κ1) is 22.2. The number of thiazole rings is 1. The molecule has 0 atom stereocenters. The van der Waals surface area contributed by atoms with Gasteiger partial charge in [0.1, 0.15) is 5.82 Å². The Bertz CT molecular complexity index is 1090. The van der Waals surface area contributed by atoms with E-state index in [1.807, 2.05) is 16.9 Å². The third-order valence-electron chi connectivity index (χ3n) is 5.33. The molecule has 0 spiro atoms. The number of amides is 2. The Labute approximate surface area is 191 Å². The Balaban J connectivity index is 1.78. The second-order valence-corrected chi connectivity index (χ2v) is 8.83. The molecule has 3 aromatic heterocycles. The smallest absolute Gasteiger partial charge is 0.323 e. The molecule has 170 valence electrons. The first-order chi connectivity index (χ1) is 15.5. The Hall–Kier alpha value is -2.98. The number of nitrogens with one attached hydrogen (secondary N) is 2. The van der Waals surface area contributed by atoms with Crippen LogP contribution in [0, 0.1) is 0 Å². The van der Waals surface area contributed by atoms with Gasteiger partial charge in [-0.2, -0.15) is 5.10 Å². The van der Waals surface area contributed by atoms with Crippen LogP contribution in [0.15, 0.2) is 18.3 Å². The predicted molar refractivity (Wildman–Crippen MR) is 127 cm³/mol. The maximum atomic E-state index is 12.1. The van der Waals surface area contributed by atoms with E-state index in [9.17, 15) is 4.79 Å². The van der Waals surface area contributed by atoms with Crippen molar-refractivity contribution in [3.63, 3.8) is 0 Å².